The fraction of sp³-hybridized carbons (Fsp3) is 0.235. The summed E-state index contributed by atoms with van der Waals surface area (Å²) < 4.78 is 13.4. The van der Waals surface area contributed by atoms with E-state index in [2.05, 4.69) is 0 Å². The molecule has 0 radical (unpaired) electrons. The molecule has 104 valence electrons. The van der Waals surface area contributed by atoms with Crippen molar-refractivity contribution in [3.63, 3.8) is 0 Å². The zero-order valence-corrected chi connectivity index (χ0v) is 11.8. The summed E-state index contributed by atoms with van der Waals surface area (Å²) in [7, 11) is 0. The maximum Gasteiger partial charge on any atom is 0.307 e. The second-order valence-corrected chi connectivity index (χ2v) is 5.14. The molecule has 0 atom stereocenters. The van der Waals surface area contributed by atoms with E-state index in [1.807, 2.05) is 26.0 Å². The van der Waals surface area contributed by atoms with Crippen LogP contribution in [0, 0.1) is 26.6 Å². The van der Waals surface area contributed by atoms with Crippen molar-refractivity contribution in [3.05, 3.63) is 58.4 Å². The quantitative estimate of drug-likeness (QED) is 0.915. The van der Waals surface area contributed by atoms with Crippen molar-refractivity contribution in [2.45, 2.75) is 27.2 Å². The molecule has 0 aromatic heterocycles. The lowest BCUT2D eigenvalue weighted by Crippen LogP contribution is -2.05. The zero-order chi connectivity index (χ0) is 14.9. The Morgan fingerprint density at radius 2 is 1.80 bits per heavy atom. The third-order valence-corrected chi connectivity index (χ3v) is 3.41. The van der Waals surface area contributed by atoms with Crippen LogP contribution in [0.25, 0.3) is 11.1 Å². The van der Waals surface area contributed by atoms with E-state index in [9.17, 15) is 9.18 Å². The molecule has 0 bridgehead atoms. The highest BCUT2D eigenvalue weighted by atomic mass is 19.1. The van der Waals surface area contributed by atoms with E-state index >= 15 is 0 Å². The van der Waals surface area contributed by atoms with E-state index < -0.39 is 5.97 Å². The van der Waals surface area contributed by atoms with Crippen LogP contribution < -0.4 is 0 Å². The zero-order valence-electron chi connectivity index (χ0n) is 11.8. The number of carboxylic acid groups (broad SMARTS) is 1. The van der Waals surface area contributed by atoms with Crippen LogP contribution >= 0.6 is 0 Å². The summed E-state index contributed by atoms with van der Waals surface area (Å²) in [5, 5.41) is 9.07. The lowest BCUT2D eigenvalue weighted by molar-refractivity contribution is -0.136. The summed E-state index contributed by atoms with van der Waals surface area (Å²) in [6.07, 6.45) is -0.0299. The summed E-state index contributed by atoms with van der Waals surface area (Å²) in [6, 6.07) is 8.81. The van der Waals surface area contributed by atoms with Gasteiger partial charge in [0.25, 0.3) is 0 Å². The van der Waals surface area contributed by atoms with Gasteiger partial charge in [-0.15, -0.1) is 0 Å². The molecular formula is C17H17FO2. The SMILES string of the molecule is Cc1cc(C)c(CC(=O)O)c(-c2ccc(F)c(C)c2)c1. The maximum absolute atomic E-state index is 13.4. The van der Waals surface area contributed by atoms with E-state index in [4.69, 9.17) is 5.11 Å². The number of hydrogen-bond donors (Lipinski definition) is 1. The van der Waals surface area contributed by atoms with Crippen LogP contribution in [0.4, 0.5) is 4.39 Å². The summed E-state index contributed by atoms with van der Waals surface area (Å²) in [5.74, 6) is -1.12. The van der Waals surface area contributed by atoms with Crippen LogP contribution in [0.3, 0.4) is 0 Å². The number of carboxylic acids is 1. The standard InChI is InChI=1S/C17H17FO2/c1-10-6-11(2)14(9-17(19)20)15(7-10)13-4-5-16(18)12(3)8-13/h4-8H,9H2,1-3H3,(H,19,20). The van der Waals surface area contributed by atoms with Crippen LogP contribution in [0.1, 0.15) is 22.3 Å². The average molecular weight is 272 g/mol. The molecule has 0 saturated carbocycles. The van der Waals surface area contributed by atoms with Gasteiger partial charge in [0.05, 0.1) is 6.42 Å². The lowest BCUT2D eigenvalue weighted by Gasteiger charge is -2.14. The predicted octanol–water partition coefficient (Wildman–Crippen LogP) is 4.05. The highest BCUT2D eigenvalue weighted by molar-refractivity contribution is 5.78. The second-order valence-electron chi connectivity index (χ2n) is 5.14. The van der Waals surface area contributed by atoms with E-state index in [1.54, 1.807) is 19.1 Å². The summed E-state index contributed by atoms with van der Waals surface area (Å²) in [4.78, 5) is 11.1. The molecule has 2 rings (SSSR count). The predicted molar refractivity (Wildman–Crippen MR) is 77.4 cm³/mol. The monoisotopic (exact) mass is 272 g/mol. The van der Waals surface area contributed by atoms with Gasteiger partial charge in [0, 0.05) is 0 Å². The second kappa shape index (κ2) is 5.45. The molecule has 3 heteroatoms. The van der Waals surface area contributed by atoms with Crippen LogP contribution in [0.5, 0.6) is 0 Å². The number of hydrogen-bond acceptors (Lipinski definition) is 1. The van der Waals surface area contributed by atoms with E-state index in [1.165, 1.54) is 6.07 Å². The Bertz CT molecular complexity index is 675. The summed E-state index contributed by atoms with van der Waals surface area (Å²) >= 11 is 0. The number of aliphatic carboxylic acids is 1. The fourth-order valence-corrected chi connectivity index (χ4v) is 2.45. The highest BCUT2D eigenvalue weighted by Gasteiger charge is 2.13. The van der Waals surface area contributed by atoms with Gasteiger partial charge in [0.15, 0.2) is 0 Å². The fourth-order valence-electron chi connectivity index (χ4n) is 2.45. The Labute approximate surface area is 117 Å². The highest BCUT2D eigenvalue weighted by Crippen LogP contribution is 2.29. The third kappa shape index (κ3) is 2.87. The first-order chi connectivity index (χ1) is 9.38. The van der Waals surface area contributed by atoms with Gasteiger partial charge in [0.1, 0.15) is 5.82 Å². The summed E-state index contributed by atoms with van der Waals surface area (Å²) in [6.45, 7) is 5.58. The van der Waals surface area contributed by atoms with Gasteiger partial charge in [-0.05, 0) is 60.7 Å². The molecule has 1 N–H and O–H groups in total. The number of halogens is 1. The molecule has 0 spiro atoms. The van der Waals surface area contributed by atoms with E-state index in [-0.39, 0.29) is 12.2 Å². The Morgan fingerprint density at radius 1 is 1.10 bits per heavy atom. The van der Waals surface area contributed by atoms with Crippen molar-refractivity contribution in [2.75, 3.05) is 0 Å². The van der Waals surface area contributed by atoms with Crippen molar-refractivity contribution in [1.82, 2.24) is 0 Å². The number of benzene rings is 2. The van der Waals surface area contributed by atoms with E-state index in [0.29, 0.717) is 5.56 Å². The van der Waals surface area contributed by atoms with Crippen molar-refractivity contribution in [3.8, 4) is 11.1 Å². The minimum Gasteiger partial charge on any atom is -0.481 e. The van der Waals surface area contributed by atoms with Gasteiger partial charge in [-0.2, -0.15) is 0 Å². The normalized spacial score (nSPS) is 10.6. The van der Waals surface area contributed by atoms with Gasteiger partial charge in [-0.25, -0.2) is 4.39 Å². The van der Waals surface area contributed by atoms with Crippen molar-refractivity contribution < 1.29 is 14.3 Å². The number of carbonyl (C=O) groups is 1. The lowest BCUT2D eigenvalue weighted by atomic mass is 9.91. The van der Waals surface area contributed by atoms with Gasteiger partial charge in [-0.3, -0.25) is 4.79 Å². The summed E-state index contributed by atoms with van der Waals surface area (Å²) in [5.41, 5.74) is 5.08. The molecule has 2 nitrogen and oxygen atoms in total. The molecule has 0 aliphatic rings. The van der Waals surface area contributed by atoms with Crippen LogP contribution in [0.2, 0.25) is 0 Å². The molecule has 0 aliphatic heterocycles. The topological polar surface area (TPSA) is 37.3 Å². The Balaban J connectivity index is 2.64. The van der Waals surface area contributed by atoms with Gasteiger partial charge in [-0.1, -0.05) is 23.8 Å². The molecule has 2 aromatic rings. The first-order valence-electron chi connectivity index (χ1n) is 6.47. The first-order valence-corrected chi connectivity index (χ1v) is 6.47. The number of aryl methyl sites for hydroxylation is 3. The van der Waals surface area contributed by atoms with Gasteiger partial charge in [0.2, 0.25) is 0 Å². The molecule has 0 heterocycles. The van der Waals surface area contributed by atoms with Crippen LogP contribution in [-0.4, -0.2) is 11.1 Å². The molecule has 20 heavy (non-hydrogen) atoms. The maximum atomic E-state index is 13.4. The average Bonchev–Trinajstić information content (AvgIpc) is 2.35. The molecule has 0 saturated heterocycles. The van der Waals surface area contributed by atoms with Crippen molar-refractivity contribution >= 4 is 5.97 Å². The molecule has 0 amide bonds. The van der Waals surface area contributed by atoms with Crippen LogP contribution in [-0.2, 0) is 11.2 Å². The first kappa shape index (κ1) is 14.3. The van der Waals surface area contributed by atoms with Crippen molar-refractivity contribution in [2.24, 2.45) is 0 Å². The van der Waals surface area contributed by atoms with E-state index in [0.717, 1.165) is 27.8 Å². The molecular weight excluding hydrogens is 255 g/mol. The molecule has 2 aromatic carbocycles. The minimum atomic E-state index is -0.864. The Morgan fingerprint density at radius 3 is 2.40 bits per heavy atom. The van der Waals surface area contributed by atoms with Gasteiger partial charge >= 0.3 is 5.97 Å². The Hall–Kier alpha value is -2.16. The third-order valence-electron chi connectivity index (χ3n) is 3.41. The molecule has 0 fully saturated rings. The minimum absolute atomic E-state index is 0.0299. The van der Waals surface area contributed by atoms with Crippen LogP contribution in [0.15, 0.2) is 30.3 Å². The van der Waals surface area contributed by atoms with Crippen molar-refractivity contribution in [1.29, 1.82) is 0 Å². The largest absolute Gasteiger partial charge is 0.481 e. The molecule has 0 unspecified atom stereocenters. The number of rotatable bonds is 3. The Kier molecular flexibility index (Phi) is 3.89. The van der Waals surface area contributed by atoms with Gasteiger partial charge < -0.3 is 5.11 Å². The smallest absolute Gasteiger partial charge is 0.307 e. The molecule has 0 aliphatic carbocycles.